The van der Waals surface area contributed by atoms with Gasteiger partial charge in [-0.2, -0.15) is 0 Å². The largest absolute Gasteiger partial charge is 0.463 e. The normalized spacial score (nSPS) is 19.2. The molecule has 4 rings (SSSR count). The van der Waals surface area contributed by atoms with Gasteiger partial charge in [-0.25, -0.2) is 14.0 Å². The molecule has 0 radical (unpaired) electrons. The maximum Gasteiger partial charge on any atom is 0.338 e. The average molecular weight is 453 g/mol. The number of aryl methyl sites for hydroxylation is 1. The van der Waals surface area contributed by atoms with Gasteiger partial charge in [-0.1, -0.05) is 24.3 Å². The molecule has 8 heteroatoms. The number of ether oxygens (including phenoxy) is 1. The number of nitrogens with zero attached hydrogens (tertiary/aromatic N) is 2. The number of urea groups is 1. The molecular formula is C25H29FN4O3. The number of anilines is 1. The number of rotatable bonds is 6. The highest BCUT2D eigenvalue weighted by Crippen LogP contribution is 2.29. The molecule has 0 bridgehead atoms. The van der Waals surface area contributed by atoms with Gasteiger partial charge in [0.25, 0.3) is 0 Å². The zero-order valence-corrected chi connectivity index (χ0v) is 18.9. The van der Waals surface area contributed by atoms with Crippen LogP contribution in [0.15, 0.2) is 59.8 Å². The fraction of sp³-hybridized carbons (Fsp3) is 0.360. The summed E-state index contributed by atoms with van der Waals surface area (Å²) in [5.41, 5.74) is 3.72. The number of halogens is 1. The molecule has 1 saturated heterocycles. The predicted octanol–water partition coefficient (Wildman–Crippen LogP) is 3.13. The van der Waals surface area contributed by atoms with Gasteiger partial charge in [0.2, 0.25) is 0 Å². The van der Waals surface area contributed by atoms with Crippen molar-refractivity contribution in [1.82, 2.24) is 15.5 Å². The number of carbonyl (C=O) groups is 2. The van der Waals surface area contributed by atoms with Crippen LogP contribution in [0.5, 0.6) is 0 Å². The van der Waals surface area contributed by atoms with Crippen LogP contribution in [0, 0.1) is 12.7 Å². The van der Waals surface area contributed by atoms with E-state index in [1.165, 1.54) is 23.4 Å². The monoisotopic (exact) mass is 452 g/mol. The van der Waals surface area contributed by atoms with Gasteiger partial charge < -0.3 is 20.3 Å². The van der Waals surface area contributed by atoms with E-state index in [1.807, 2.05) is 0 Å². The van der Waals surface area contributed by atoms with Crippen molar-refractivity contribution in [1.29, 1.82) is 0 Å². The molecule has 0 saturated carbocycles. The maximum atomic E-state index is 13.9. The highest BCUT2D eigenvalue weighted by atomic mass is 19.1. The lowest BCUT2D eigenvalue weighted by Gasteiger charge is -2.38. The second kappa shape index (κ2) is 10.0. The molecule has 174 valence electrons. The minimum absolute atomic E-state index is 0.203. The quantitative estimate of drug-likeness (QED) is 0.659. The second-order valence-electron chi connectivity index (χ2n) is 8.30. The summed E-state index contributed by atoms with van der Waals surface area (Å²) in [6.45, 7) is 7.65. The van der Waals surface area contributed by atoms with E-state index in [0.29, 0.717) is 23.4 Å². The van der Waals surface area contributed by atoms with Crippen molar-refractivity contribution >= 4 is 17.7 Å². The molecule has 2 aliphatic heterocycles. The van der Waals surface area contributed by atoms with Gasteiger partial charge in [0.05, 0.1) is 18.2 Å². The van der Waals surface area contributed by atoms with Crippen LogP contribution in [0.3, 0.4) is 0 Å². The third kappa shape index (κ3) is 5.34. The van der Waals surface area contributed by atoms with Gasteiger partial charge >= 0.3 is 12.0 Å². The topological polar surface area (TPSA) is 73.9 Å². The Morgan fingerprint density at radius 2 is 1.88 bits per heavy atom. The molecule has 0 aromatic heterocycles. The van der Waals surface area contributed by atoms with Gasteiger partial charge in [-0.15, -0.1) is 0 Å². The van der Waals surface area contributed by atoms with Gasteiger partial charge in [0.1, 0.15) is 5.82 Å². The molecule has 2 aliphatic rings. The second-order valence-corrected chi connectivity index (χ2v) is 8.30. The molecule has 2 heterocycles. The van der Waals surface area contributed by atoms with Gasteiger partial charge in [-0.05, 0) is 49.2 Å². The Bertz CT molecular complexity index is 1060. The van der Waals surface area contributed by atoms with Crippen molar-refractivity contribution in [2.75, 3.05) is 44.2 Å². The van der Waals surface area contributed by atoms with Crippen molar-refractivity contribution in [2.24, 2.45) is 0 Å². The molecule has 1 atom stereocenters. The Morgan fingerprint density at radius 3 is 2.58 bits per heavy atom. The van der Waals surface area contributed by atoms with E-state index in [9.17, 15) is 14.0 Å². The molecule has 2 aromatic rings. The summed E-state index contributed by atoms with van der Waals surface area (Å²) in [4.78, 5) is 29.9. The van der Waals surface area contributed by atoms with Gasteiger partial charge in [-0.3, -0.25) is 4.90 Å². The maximum absolute atomic E-state index is 13.9. The van der Waals surface area contributed by atoms with E-state index in [4.69, 9.17) is 4.74 Å². The van der Waals surface area contributed by atoms with Crippen molar-refractivity contribution in [2.45, 2.75) is 19.9 Å². The SMILES string of the molecule is CCOC(=O)C1=C(CN2CCN(c3cccc(C)c3)CC2)NC(=O)N[C@H]1c1cccc(F)c1. The lowest BCUT2D eigenvalue weighted by atomic mass is 9.94. The molecule has 2 amide bonds. The van der Waals surface area contributed by atoms with Crippen molar-refractivity contribution in [3.8, 4) is 0 Å². The molecule has 0 unspecified atom stereocenters. The standard InChI is InChI=1S/C25H29FN4O3/c1-3-33-24(31)22-21(27-25(32)28-23(22)18-7-5-8-19(26)15-18)16-29-10-12-30(13-11-29)20-9-4-6-17(2)14-20/h4-9,14-15,23H,3,10-13,16H2,1-2H3,(H2,27,28,32)/t23-/m0/s1. The molecule has 1 fully saturated rings. The summed E-state index contributed by atoms with van der Waals surface area (Å²) in [5, 5.41) is 5.55. The summed E-state index contributed by atoms with van der Waals surface area (Å²) in [6, 6.07) is 13.1. The van der Waals surface area contributed by atoms with Crippen molar-refractivity contribution in [3.05, 3.63) is 76.7 Å². The third-order valence-electron chi connectivity index (χ3n) is 5.95. The average Bonchev–Trinajstić information content (AvgIpc) is 2.79. The first kappa shape index (κ1) is 22.8. The minimum atomic E-state index is -0.780. The first-order valence-corrected chi connectivity index (χ1v) is 11.2. The number of carbonyl (C=O) groups excluding carboxylic acids is 2. The summed E-state index contributed by atoms with van der Waals surface area (Å²) < 4.78 is 19.2. The molecule has 0 spiro atoms. The number of nitrogens with one attached hydrogen (secondary N) is 2. The van der Waals surface area contributed by atoms with Gasteiger partial charge in [0, 0.05) is 44.1 Å². The smallest absolute Gasteiger partial charge is 0.338 e. The molecule has 2 aromatic carbocycles. The molecule has 0 aliphatic carbocycles. The Hall–Kier alpha value is -3.39. The highest BCUT2D eigenvalue weighted by molar-refractivity contribution is 5.95. The number of esters is 1. The van der Waals surface area contributed by atoms with E-state index >= 15 is 0 Å². The van der Waals surface area contributed by atoms with Crippen LogP contribution in [0.4, 0.5) is 14.9 Å². The lowest BCUT2D eigenvalue weighted by Crippen LogP contribution is -2.51. The van der Waals surface area contributed by atoms with Crippen LogP contribution >= 0.6 is 0 Å². The number of hydrogen-bond donors (Lipinski definition) is 2. The molecule has 33 heavy (non-hydrogen) atoms. The van der Waals surface area contributed by atoms with Crippen molar-refractivity contribution in [3.63, 3.8) is 0 Å². The number of amides is 2. The van der Waals surface area contributed by atoms with E-state index < -0.39 is 23.9 Å². The van der Waals surface area contributed by atoms with E-state index in [0.717, 1.165) is 26.2 Å². The molecular weight excluding hydrogens is 423 g/mol. The number of hydrogen-bond acceptors (Lipinski definition) is 5. The van der Waals surface area contributed by atoms with Crippen LogP contribution in [-0.4, -0.2) is 56.2 Å². The molecule has 2 N–H and O–H groups in total. The van der Waals surface area contributed by atoms with Crippen LogP contribution < -0.4 is 15.5 Å². The zero-order chi connectivity index (χ0) is 23.4. The first-order chi connectivity index (χ1) is 15.9. The molecule has 7 nitrogen and oxygen atoms in total. The summed E-state index contributed by atoms with van der Waals surface area (Å²) in [7, 11) is 0. The number of benzene rings is 2. The van der Waals surface area contributed by atoms with Crippen LogP contribution in [0.2, 0.25) is 0 Å². The Kier molecular flexibility index (Phi) is 6.93. The van der Waals surface area contributed by atoms with Crippen LogP contribution in [-0.2, 0) is 9.53 Å². The van der Waals surface area contributed by atoms with Crippen LogP contribution in [0.1, 0.15) is 24.1 Å². The Labute approximate surface area is 193 Å². The Balaban J connectivity index is 1.56. The first-order valence-electron chi connectivity index (χ1n) is 11.2. The number of piperazine rings is 1. The van der Waals surface area contributed by atoms with Crippen molar-refractivity contribution < 1.29 is 18.7 Å². The Morgan fingerprint density at radius 1 is 1.12 bits per heavy atom. The summed E-state index contributed by atoms with van der Waals surface area (Å²) in [6.07, 6.45) is 0. The summed E-state index contributed by atoms with van der Waals surface area (Å²) >= 11 is 0. The highest BCUT2D eigenvalue weighted by Gasteiger charge is 2.34. The fourth-order valence-electron chi connectivity index (χ4n) is 4.34. The lowest BCUT2D eigenvalue weighted by molar-refractivity contribution is -0.139. The van der Waals surface area contributed by atoms with E-state index in [1.54, 1.807) is 19.1 Å². The predicted molar refractivity (Wildman–Crippen MR) is 124 cm³/mol. The summed E-state index contributed by atoms with van der Waals surface area (Å²) in [5.74, 6) is -0.954. The van der Waals surface area contributed by atoms with E-state index in [2.05, 4.69) is 51.6 Å². The van der Waals surface area contributed by atoms with Gasteiger partial charge in [0.15, 0.2) is 0 Å². The van der Waals surface area contributed by atoms with Crippen LogP contribution in [0.25, 0.3) is 0 Å². The third-order valence-corrected chi connectivity index (χ3v) is 5.95. The minimum Gasteiger partial charge on any atom is -0.463 e. The fourth-order valence-corrected chi connectivity index (χ4v) is 4.34. The van der Waals surface area contributed by atoms with E-state index in [-0.39, 0.29) is 6.61 Å². The zero-order valence-electron chi connectivity index (χ0n) is 18.9.